The number of ether oxygens (including phenoxy) is 2. The summed E-state index contributed by atoms with van der Waals surface area (Å²) in [7, 11) is 1.68. The predicted octanol–water partition coefficient (Wildman–Crippen LogP) is 4.29. The van der Waals surface area contributed by atoms with Gasteiger partial charge in [0.05, 0.1) is 25.1 Å². The van der Waals surface area contributed by atoms with E-state index in [0.29, 0.717) is 44.0 Å². The Bertz CT molecular complexity index is 807. The van der Waals surface area contributed by atoms with Crippen molar-refractivity contribution >= 4 is 11.8 Å². The normalized spacial score (nSPS) is 19.9. The van der Waals surface area contributed by atoms with Crippen LogP contribution in [-0.2, 0) is 9.53 Å². The molecule has 0 atom stereocenters. The second kappa shape index (κ2) is 11.2. The first-order valence-corrected chi connectivity index (χ1v) is 11.6. The Morgan fingerprint density at radius 2 is 1.82 bits per heavy atom. The zero-order valence-corrected chi connectivity index (χ0v) is 19.2. The monoisotopic (exact) mass is 470 g/mol. The Labute approximate surface area is 193 Å². The summed E-state index contributed by atoms with van der Waals surface area (Å²) in [4.78, 5) is 29.0. The number of carbonyl (C=O) groups excluding carboxylic acids is 2. The van der Waals surface area contributed by atoms with Gasteiger partial charge in [-0.05, 0) is 43.2 Å². The van der Waals surface area contributed by atoms with E-state index >= 15 is 0 Å². The number of rotatable bonds is 4. The Kier molecular flexibility index (Phi) is 8.62. The summed E-state index contributed by atoms with van der Waals surface area (Å²) < 4.78 is 49.2. The SMILES string of the molecule is COCC12CCCCN(C(=O)CCC(F)(F)F)CCOc3ccccc3C(=O)N(CC1)CC2. The van der Waals surface area contributed by atoms with Crippen LogP contribution < -0.4 is 4.74 Å². The number of halogens is 3. The quantitative estimate of drug-likeness (QED) is 0.659. The number of alkyl halides is 3. The van der Waals surface area contributed by atoms with Crippen LogP contribution >= 0.6 is 0 Å². The van der Waals surface area contributed by atoms with E-state index in [0.717, 1.165) is 25.7 Å². The maximum atomic E-state index is 13.2. The van der Waals surface area contributed by atoms with Crippen molar-refractivity contribution in [2.45, 2.75) is 51.1 Å². The van der Waals surface area contributed by atoms with Crippen LogP contribution in [0, 0.1) is 5.41 Å². The van der Waals surface area contributed by atoms with Crippen molar-refractivity contribution in [1.82, 2.24) is 9.80 Å². The largest absolute Gasteiger partial charge is 0.491 e. The van der Waals surface area contributed by atoms with E-state index in [2.05, 4.69) is 0 Å². The molecule has 3 aliphatic rings. The van der Waals surface area contributed by atoms with Crippen LogP contribution in [0.3, 0.4) is 0 Å². The number of nitrogens with zero attached hydrogens (tertiary/aromatic N) is 2. The van der Waals surface area contributed by atoms with E-state index in [4.69, 9.17) is 9.47 Å². The Hall–Kier alpha value is -2.29. The molecule has 1 aromatic rings. The predicted molar refractivity (Wildman–Crippen MR) is 117 cm³/mol. The van der Waals surface area contributed by atoms with Crippen molar-refractivity contribution in [2.24, 2.45) is 5.41 Å². The van der Waals surface area contributed by atoms with E-state index in [9.17, 15) is 22.8 Å². The summed E-state index contributed by atoms with van der Waals surface area (Å²) in [6.07, 6.45) is -2.00. The minimum absolute atomic E-state index is 0.0349. The molecule has 1 aromatic carbocycles. The highest BCUT2D eigenvalue weighted by molar-refractivity contribution is 5.97. The fourth-order valence-corrected chi connectivity index (χ4v) is 4.73. The molecule has 1 saturated heterocycles. The average molecular weight is 471 g/mol. The Morgan fingerprint density at radius 1 is 1.09 bits per heavy atom. The molecule has 0 unspecified atom stereocenters. The molecule has 4 rings (SSSR count). The summed E-state index contributed by atoms with van der Waals surface area (Å²) >= 11 is 0. The number of para-hydroxylation sites is 1. The van der Waals surface area contributed by atoms with Crippen molar-refractivity contribution in [3.63, 3.8) is 0 Å². The molecule has 9 heteroatoms. The fraction of sp³-hybridized carbons (Fsp3) is 0.667. The first-order chi connectivity index (χ1) is 15.7. The number of hydrogen-bond acceptors (Lipinski definition) is 4. The molecule has 0 aromatic heterocycles. The average Bonchev–Trinajstić information content (AvgIpc) is 2.79. The van der Waals surface area contributed by atoms with E-state index in [1.165, 1.54) is 4.90 Å². The lowest BCUT2D eigenvalue weighted by Gasteiger charge is -2.41. The number of fused-ring (bicyclic) bond motifs is 9. The van der Waals surface area contributed by atoms with E-state index in [1.54, 1.807) is 31.4 Å². The highest BCUT2D eigenvalue weighted by atomic mass is 19.4. The highest BCUT2D eigenvalue weighted by Crippen LogP contribution is 2.38. The standard InChI is InChI=1S/C24H33F3N2O4/c1-32-18-23-9-4-5-13-28(21(30)8-10-24(25,26)27)16-17-33-20-7-3-2-6-19(20)22(31)29(14-11-23)15-12-23/h2-3,6-7H,4-5,8-18H2,1H3. The van der Waals surface area contributed by atoms with Crippen LogP contribution in [0.5, 0.6) is 5.75 Å². The minimum atomic E-state index is -4.37. The van der Waals surface area contributed by atoms with Gasteiger partial charge in [-0.1, -0.05) is 18.6 Å². The molecule has 2 amide bonds. The van der Waals surface area contributed by atoms with Gasteiger partial charge in [0.25, 0.3) is 5.91 Å². The van der Waals surface area contributed by atoms with Gasteiger partial charge in [0.2, 0.25) is 5.91 Å². The van der Waals surface area contributed by atoms with Gasteiger partial charge in [0, 0.05) is 33.2 Å². The molecule has 3 aliphatic heterocycles. The van der Waals surface area contributed by atoms with E-state index < -0.39 is 24.9 Å². The van der Waals surface area contributed by atoms with Gasteiger partial charge in [0.1, 0.15) is 12.4 Å². The van der Waals surface area contributed by atoms with Gasteiger partial charge in [-0.15, -0.1) is 0 Å². The second-order valence-electron chi connectivity index (χ2n) is 9.02. The molecule has 0 spiro atoms. The molecule has 3 heterocycles. The fourth-order valence-electron chi connectivity index (χ4n) is 4.73. The van der Waals surface area contributed by atoms with Crippen LogP contribution in [0.1, 0.15) is 55.3 Å². The third-order valence-electron chi connectivity index (χ3n) is 6.66. The van der Waals surface area contributed by atoms with Gasteiger partial charge < -0.3 is 19.3 Å². The molecule has 2 bridgehead atoms. The maximum Gasteiger partial charge on any atom is 0.389 e. The van der Waals surface area contributed by atoms with Gasteiger partial charge >= 0.3 is 6.18 Å². The molecule has 0 saturated carbocycles. The molecule has 0 aliphatic carbocycles. The Balaban J connectivity index is 1.78. The van der Waals surface area contributed by atoms with Gasteiger partial charge in [-0.3, -0.25) is 9.59 Å². The van der Waals surface area contributed by atoms with E-state index in [1.807, 2.05) is 4.90 Å². The first kappa shape index (κ1) is 25.3. The van der Waals surface area contributed by atoms with Crippen LogP contribution in [0.4, 0.5) is 13.2 Å². The molecule has 1 fully saturated rings. The lowest BCUT2D eigenvalue weighted by molar-refractivity contribution is -0.149. The number of methoxy groups -OCH3 is 1. The zero-order chi connectivity index (χ0) is 23.9. The van der Waals surface area contributed by atoms with Crippen LogP contribution in [0.25, 0.3) is 0 Å². The summed E-state index contributed by atoms with van der Waals surface area (Å²) in [5, 5.41) is 0. The number of amides is 2. The summed E-state index contributed by atoms with van der Waals surface area (Å²) in [6.45, 7) is 2.54. The molecule has 0 N–H and O–H groups in total. The Morgan fingerprint density at radius 3 is 2.52 bits per heavy atom. The van der Waals surface area contributed by atoms with Crippen molar-refractivity contribution < 1.29 is 32.2 Å². The summed E-state index contributed by atoms with van der Waals surface area (Å²) in [6, 6.07) is 6.98. The van der Waals surface area contributed by atoms with Crippen molar-refractivity contribution in [3.8, 4) is 5.75 Å². The number of carbonyl (C=O) groups is 2. The van der Waals surface area contributed by atoms with Crippen molar-refractivity contribution in [1.29, 1.82) is 0 Å². The molecule has 0 radical (unpaired) electrons. The van der Waals surface area contributed by atoms with Crippen LogP contribution in [0.15, 0.2) is 24.3 Å². The lowest BCUT2D eigenvalue weighted by atomic mass is 9.75. The first-order valence-electron chi connectivity index (χ1n) is 11.6. The van der Waals surface area contributed by atoms with Gasteiger partial charge in [-0.25, -0.2) is 0 Å². The van der Waals surface area contributed by atoms with Gasteiger partial charge in [-0.2, -0.15) is 13.2 Å². The maximum absolute atomic E-state index is 13.2. The van der Waals surface area contributed by atoms with E-state index in [-0.39, 0.29) is 24.5 Å². The number of hydrogen-bond donors (Lipinski definition) is 0. The smallest absolute Gasteiger partial charge is 0.389 e. The third kappa shape index (κ3) is 7.09. The van der Waals surface area contributed by atoms with Crippen molar-refractivity contribution in [3.05, 3.63) is 29.8 Å². The summed E-state index contributed by atoms with van der Waals surface area (Å²) in [5.41, 5.74) is 0.425. The summed E-state index contributed by atoms with van der Waals surface area (Å²) in [5.74, 6) is -0.193. The highest BCUT2D eigenvalue weighted by Gasteiger charge is 2.36. The number of benzene rings is 1. The molecule has 6 nitrogen and oxygen atoms in total. The number of piperidine rings is 1. The molecule has 33 heavy (non-hydrogen) atoms. The lowest BCUT2D eigenvalue weighted by Crippen LogP contribution is -2.45. The van der Waals surface area contributed by atoms with Gasteiger partial charge in [0.15, 0.2) is 0 Å². The minimum Gasteiger partial charge on any atom is -0.491 e. The molecular formula is C24H33F3N2O4. The van der Waals surface area contributed by atoms with Crippen LogP contribution in [0.2, 0.25) is 0 Å². The molecule has 184 valence electrons. The zero-order valence-electron chi connectivity index (χ0n) is 19.2. The van der Waals surface area contributed by atoms with Crippen LogP contribution in [-0.4, -0.2) is 74.3 Å². The molecular weight excluding hydrogens is 437 g/mol. The third-order valence-corrected chi connectivity index (χ3v) is 6.66. The van der Waals surface area contributed by atoms with Crippen molar-refractivity contribution in [2.75, 3.05) is 46.5 Å². The second-order valence-corrected chi connectivity index (χ2v) is 9.02. The topological polar surface area (TPSA) is 59.1 Å².